The Kier molecular flexibility index (Phi) is 7.31. The molecule has 0 saturated heterocycles. The number of halogens is 1. The average Bonchev–Trinajstić information content (AvgIpc) is 3.04. The van der Waals surface area contributed by atoms with Crippen LogP contribution in [-0.4, -0.2) is 39.4 Å². The van der Waals surface area contributed by atoms with Crippen LogP contribution in [0.4, 0.5) is 4.39 Å². The van der Waals surface area contributed by atoms with Crippen molar-refractivity contribution in [2.75, 3.05) is 13.2 Å². The van der Waals surface area contributed by atoms with Crippen LogP contribution in [0.5, 0.6) is 5.75 Å². The molecule has 154 valence electrons. The Morgan fingerprint density at radius 3 is 2.79 bits per heavy atom. The van der Waals surface area contributed by atoms with Crippen LogP contribution in [0.2, 0.25) is 0 Å². The van der Waals surface area contributed by atoms with Crippen LogP contribution in [0.1, 0.15) is 48.5 Å². The fourth-order valence-electron chi connectivity index (χ4n) is 4.00. The summed E-state index contributed by atoms with van der Waals surface area (Å²) in [6.07, 6.45) is 4.08. The number of hydrogen-bond acceptors (Lipinski definition) is 6. The zero-order valence-electron chi connectivity index (χ0n) is 16.0. The van der Waals surface area contributed by atoms with Gasteiger partial charge in [-0.3, -0.25) is 9.52 Å². The quantitative estimate of drug-likeness (QED) is 0.331. The summed E-state index contributed by atoms with van der Waals surface area (Å²) >= 11 is 0. The van der Waals surface area contributed by atoms with Crippen molar-refractivity contribution in [3.05, 3.63) is 41.4 Å². The fraction of sp³-hybridized carbons (Fsp3) is 0.550. The number of hydrogen-bond donors (Lipinski definition) is 3. The monoisotopic (exact) mass is 426 g/mol. The van der Waals surface area contributed by atoms with E-state index in [9.17, 15) is 14.3 Å². The summed E-state index contributed by atoms with van der Waals surface area (Å²) in [6, 6.07) is 2.91. The van der Waals surface area contributed by atoms with Gasteiger partial charge in [-0.05, 0) is 60.1 Å². The van der Waals surface area contributed by atoms with E-state index in [0.717, 1.165) is 31.4 Å². The molecule has 0 spiro atoms. The fourth-order valence-corrected chi connectivity index (χ4v) is 6.20. The number of rotatable bonds is 8. The van der Waals surface area contributed by atoms with E-state index in [0.29, 0.717) is 29.8 Å². The van der Waals surface area contributed by atoms with E-state index in [4.69, 9.17) is 5.11 Å². The van der Waals surface area contributed by atoms with Gasteiger partial charge in [-0.15, -0.1) is 0 Å². The number of carbonyl (C=O) groups excluding carboxylic acids is 1. The molecular formula is C20H27FN2O3S2. The second-order valence-corrected chi connectivity index (χ2v) is 9.90. The van der Waals surface area contributed by atoms with Gasteiger partial charge in [0.05, 0.1) is 18.7 Å². The first-order valence-electron chi connectivity index (χ1n) is 9.61. The molecule has 8 heteroatoms. The smallest absolute Gasteiger partial charge is 0.261 e. The molecule has 1 unspecified atom stereocenters. The van der Waals surface area contributed by atoms with Crippen molar-refractivity contribution in [1.82, 2.24) is 9.62 Å². The predicted octanol–water partition coefficient (Wildman–Crippen LogP) is 4.07. The summed E-state index contributed by atoms with van der Waals surface area (Å²) in [5.41, 5.74) is 1.35. The van der Waals surface area contributed by atoms with Crippen LogP contribution in [0.25, 0.3) is 0 Å². The molecule has 2 aliphatic rings. The lowest BCUT2D eigenvalue weighted by Crippen LogP contribution is -2.30. The maximum absolute atomic E-state index is 14.2. The van der Waals surface area contributed by atoms with Gasteiger partial charge in [0, 0.05) is 17.5 Å². The number of phenols is 1. The number of allylic oxidation sites excluding steroid dienone is 1. The number of fused-ring (bicyclic) bond motifs is 1. The topological polar surface area (TPSA) is 72.8 Å². The number of carbonyl (C=O) groups is 1. The molecule has 28 heavy (non-hydrogen) atoms. The third kappa shape index (κ3) is 4.50. The van der Waals surface area contributed by atoms with Crippen molar-refractivity contribution in [2.24, 2.45) is 11.8 Å². The minimum atomic E-state index is -0.834. The van der Waals surface area contributed by atoms with E-state index in [1.165, 1.54) is 6.07 Å². The third-order valence-corrected chi connectivity index (χ3v) is 8.38. The molecule has 1 heterocycles. The first-order chi connectivity index (χ1) is 13.4. The maximum Gasteiger partial charge on any atom is 0.261 e. The Morgan fingerprint density at radius 1 is 1.39 bits per heavy atom. The minimum absolute atomic E-state index is 0.0211. The molecule has 1 aliphatic carbocycles. The van der Waals surface area contributed by atoms with Gasteiger partial charge in [0.2, 0.25) is 0 Å². The number of nitrogens with zero attached hydrogens (tertiary/aromatic N) is 1. The van der Waals surface area contributed by atoms with Crippen molar-refractivity contribution in [1.29, 1.82) is 0 Å². The summed E-state index contributed by atoms with van der Waals surface area (Å²) in [4.78, 5) is 14.3. The predicted molar refractivity (Wildman–Crippen MR) is 112 cm³/mol. The molecule has 0 bridgehead atoms. The van der Waals surface area contributed by atoms with Crippen LogP contribution >= 0.6 is 21.8 Å². The molecule has 1 aromatic carbocycles. The van der Waals surface area contributed by atoms with Crippen LogP contribution in [0, 0.1) is 17.7 Å². The van der Waals surface area contributed by atoms with Gasteiger partial charge in [-0.1, -0.05) is 30.4 Å². The Morgan fingerprint density at radius 2 is 2.11 bits per heavy atom. The Hall–Kier alpha value is -1.22. The third-order valence-electron chi connectivity index (χ3n) is 5.72. The Bertz CT molecular complexity index is 738. The van der Waals surface area contributed by atoms with Gasteiger partial charge < -0.3 is 15.1 Å². The van der Waals surface area contributed by atoms with Crippen LogP contribution in [0.3, 0.4) is 0 Å². The number of phenolic OH excluding ortho intramolecular Hbond substituents is 1. The Labute approximate surface area is 173 Å². The molecule has 0 aromatic heterocycles. The molecule has 5 nitrogen and oxygen atoms in total. The number of aliphatic hydroxyl groups is 1. The van der Waals surface area contributed by atoms with Gasteiger partial charge in [0.25, 0.3) is 5.91 Å². The highest BCUT2D eigenvalue weighted by Crippen LogP contribution is 2.42. The molecule has 3 rings (SSSR count). The number of amides is 1. The van der Waals surface area contributed by atoms with Gasteiger partial charge in [-0.25, -0.2) is 4.39 Å². The van der Waals surface area contributed by atoms with E-state index in [2.05, 4.69) is 18.2 Å². The van der Waals surface area contributed by atoms with Crippen LogP contribution in [-0.2, 0) is 6.54 Å². The van der Waals surface area contributed by atoms with Crippen molar-refractivity contribution in [3.63, 3.8) is 0 Å². The maximum atomic E-state index is 14.2. The molecule has 1 aromatic rings. The zero-order valence-corrected chi connectivity index (χ0v) is 17.6. The van der Waals surface area contributed by atoms with Gasteiger partial charge in [-0.2, -0.15) is 0 Å². The van der Waals surface area contributed by atoms with E-state index in [-0.39, 0.29) is 18.1 Å². The largest absolute Gasteiger partial charge is 0.505 e. The number of nitrogens with one attached hydrogen (secondary N) is 1. The lowest BCUT2D eigenvalue weighted by Gasteiger charge is -2.35. The van der Waals surface area contributed by atoms with Crippen molar-refractivity contribution in [2.45, 2.75) is 44.4 Å². The highest BCUT2D eigenvalue weighted by atomic mass is 33.1. The molecule has 0 radical (unpaired) electrons. The number of benzene rings is 1. The lowest BCUT2D eigenvalue weighted by atomic mass is 9.79. The minimum Gasteiger partial charge on any atom is -0.505 e. The second kappa shape index (κ2) is 9.52. The molecule has 3 N–H and O–H groups in total. The standard InChI is InChI=1S/C20H27FN2O3S2/c1-12(23-11-16-7-8-17(25)19(21)18(16)20(23)26)14-3-5-15(6-4-14)13(2)27-28-22-9-10-24/h7-8,13-15,22,24-25H,1,3-6,9-11H2,2H3. The van der Waals surface area contributed by atoms with Gasteiger partial charge in [0.15, 0.2) is 11.6 Å². The first kappa shape index (κ1) is 21.5. The molecule has 1 aliphatic heterocycles. The Balaban J connectivity index is 1.53. The molecule has 1 atom stereocenters. The van der Waals surface area contributed by atoms with E-state index in [1.54, 1.807) is 32.7 Å². The van der Waals surface area contributed by atoms with E-state index in [1.807, 2.05) is 0 Å². The number of aromatic hydroxyl groups is 1. The van der Waals surface area contributed by atoms with Gasteiger partial charge in [0.1, 0.15) is 0 Å². The summed E-state index contributed by atoms with van der Waals surface area (Å²) < 4.78 is 17.3. The van der Waals surface area contributed by atoms with Crippen molar-refractivity contribution < 1.29 is 19.4 Å². The summed E-state index contributed by atoms with van der Waals surface area (Å²) in [5.74, 6) is -0.884. The second-order valence-electron chi connectivity index (χ2n) is 7.43. The highest BCUT2D eigenvalue weighted by molar-refractivity contribution is 8.76. The normalized spacial score (nSPS) is 23.0. The molecule has 1 saturated carbocycles. The van der Waals surface area contributed by atoms with Gasteiger partial charge >= 0.3 is 0 Å². The highest BCUT2D eigenvalue weighted by Gasteiger charge is 2.36. The first-order valence-corrected chi connectivity index (χ1v) is 11.8. The van der Waals surface area contributed by atoms with Crippen molar-refractivity contribution in [3.8, 4) is 5.75 Å². The lowest BCUT2D eigenvalue weighted by molar-refractivity contribution is 0.0797. The van der Waals surface area contributed by atoms with Crippen LogP contribution in [0.15, 0.2) is 24.4 Å². The zero-order chi connectivity index (χ0) is 20.3. The molecule has 1 fully saturated rings. The van der Waals surface area contributed by atoms with E-state index >= 15 is 0 Å². The average molecular weight is 427 g/mol. The summed E-state index contributed by atoms with van der Waals surface area (Å²) in [5, 5.41) is 18.9. The summed E-state index contributed by atoms with van der Waals surface area (Å²) in [7, 11) is 3.38. The summed E-state index contributed by atoms with van der Waals surface area (Å²) in [6.45, 7) is 7.44. The van der Waals surface area contributed by atoms with Crippen molar-refractivity contribution >= 4 is 27.7 Å². The molecule has 1 amide bonds. The number of aliphatic hydroxyl groups excluding tert-OH is 1. The SMILES string of the molecule is C=C(C1CCC(C(C)SSNCCO)CC1)N1Cc2ccc(O)c(F)c2C1=O. The van der Waals surface area contributed by atoms with Crippen LogP contribution < -0.4 is 4.72 Å². The van der Waals surface area contributed by atoms with E-state index < -0.39 is 17.5 Å². The molecular weight excluding hydrogens is 399 g/mol.